The predicted molar refractivity (Wildman–Crippen MR) is 67.4 cm³/mol. The van der Waals surface area contributed by atoms with Gasteiger partial charge in [0.05, 0.1) is 5.33 Å². The highest BCUT2D eigenvalue weighted by atomic mass is 127. The summed E-state index contributed by atoms with van der Waals surface area (Å²) in [7, 11) is 0. The van der Waals surface area contributed by atoms with Gasteiger partial charge >= 0.3 is 0 Å². The lowest BCUT2D eigenvalue weighted by molar-refractivity contribution is 0.102. The van der Waals surface area contributed by atoms with E-state index < -0.39 is 0 Å². The monoisotopic (exact) mass is 366 g/mol. The SMILES string of the molecule is Cc1cc(C=O)cc(I)c1C(=O)CBr. The fourth-order valence-electron chi connectivity index (χ4n) is 1.26. The molecule has 0 heterocycles. The minimum atomic E-state index is 0.0457. The number of halogens is 2. The number of ketones is 1. The normalized spacial score (nSPS) is 9.93. The Kier molecular flexibility index (Phi) is 4.25. The van der Waals surface area contributed by atoms with E-state index in [1.807, 2.05) is 6.92 Å². The van der Waals surface area contributed by atoms with Crippen LogP contribution in [0.3, 0.4) is 0 Å². The van der Waals surface area contributed by atoms with Gasteiger partial charge in [0.1, 0.15) is 6.29 Å². The molecule has 0 unspecified atom stereocenters. The quantitative estimate of drug-likeness (QED) is 0.356. The molecule has 0 aliphatic carbocycles. The minimum absolute atomic E-state index is 0.0457. The third kappa shape index (κ3) is 2.42. The lowest BCUT2D eigenvalue weighted by Crippen LogP contribution is -2.06. The van der Waals surface area contributed by atoms with E-state index in [-0.39, 0.29) is 5.78 Å². The van der Waals surface area contributed by atoms with Gasteiger partial charge in [0.25, 0.3) is 0 Å². The molecular weight excluding hydrogens is 359 g/mol. The molecule has 0 amide bonds. The number of carbonyl (C=O) groups excluding carboxylic acids is 2. The summed E-state index contributed by atoms with van der Waals surface area (Å²) < 4.78 is 0.828. The second-order valence-corrected chi connectivity index (χ2v) is 4.59. The first kappa shape index (κ1) is 11.8. The molecule has 4 heteroatoms. The van der Waals surface area contributed by atoms with Gasteiger partial charge in [0.2, 0.25) is 0 Å². The Morgan fingerprint density at radius 3 is 2.64 bits per heavy atom. The molecule has 1 rings (SSSR count). The maximum Gasteiger partial charge on any atom is 0.174 e. The molecule has 0 aliphatic heterocycles. The Bertz CT molecular complexity index is 365. The van der Waals surface area contributed by atoms with Crippen LogP contribution in [0, 0.1) is 10.5 Å². The summed E-state index contributed by atoms with van der Waals surface area (Å²) in [6.45, 7) is 1.84. The van der Waals surface area contributed by atoms with E-state index in [0.717, 1.165) is 15.4 Å². The Hall–Kier alpha value is -0.230. The van der Waals surface area contributed by atoms with Crippen LogP contribution in [-0.2, 0) is 0 Å². The lowest BCUT2D eigenvalue weighted by atomic mass is 10.0. The van der Waals surface area contributed by atoms with Crippen molar-refractivity contribution in [3.8, 4) is 0 Å². The van der Waals surface area contributed by atoms with Crippen molar-refractivity contribution in [2.24, 2.45) is 0 Å². The van der Waals surface area contributed by atoms with Crippen molar-refractivity contribution < 1.29 is 9.59 Å². The molecule has 0 N–H and O–H groups in total. The van der Waals surface area contributed by atoms with E-state index in [1.54, 1.807) is 12.1 Å². The molecule has 2 nitrogen and oxygen atoms in total. The van der Waals surface area contributed by atoms with Crippen molar-refractivity contribution in [1.82, 2.24) is 0 Å². The molecular formula is C10H8BrIO2. The number of aryl methyl sites for hydroxylation is 1. The molecule has 1 aromatic rings. The molecule has 14 heavy (non-hydrogen) atoms. The summed E-state index contributed by atoms with van der Waals surface area (Å²) in [4.78, 5) is 22.1. The van der Waals surface area contributed by atoms with E-state index in [1.165, 1.54) is 0 Å². The average Bonchev–Trinajstić information content (AvgIpc) is 2.16. The van der Waals surface area contributed by atoms with E-state index in [4.69, 9.17) is 0 Å². The largest absolute Gasteiger partial charge is 0.298 e. The Balaban J connectivity index is 3.31. The van der Waals surface area contributed by atoms with Crippen LogP contribution in [0.15, 0.2) is 12.1 Å². The van der Waals surface area contributed by atoms with Gasteiger partial charge in [-0.05, 0) is 47.2 Å². The van der Waals surface area contributed by atoms with E-state index >= 15 is 0 Å². The number of aldehydes is 1. The Morgan fingerprint density at radius 2 is 2.21 bits per heavy atom. The van der Waals surface area contributed by atoms with Gasteiger partial charge in [-0.1, -0.05) is 15.9 Å². The number of Topliss-reactive ketones (excluding diaryl/α,β-unsaturated/α-hetero) is 1. The number of carbonyl (C=O) groups is 2. The molecule has 74 valence electrons. The Morgan fingerprint density at radius 1 is 1.57 bits per heavy atom. The standard InChI is InChI=1S/C10H8BrIO2/c1-6-2-7(5-13)3-8(12)10(6)9(14)4-11/h2-3,5H,4H2,1H3. The molecule has 0 fully saturated rings. The van der Waals surface area contributed by atoms with Crippen LogP contribution >= 0.6 is 38.5 Å². The number of hydrogen-bond acceptors (Lipinski definition) is 2. The fourth-order valence-corrected chi connectivity index (χ4v) is 2.62. The van der Waals surface area contributed by atoms with Gasteiger partial charge in [-0.25, -0.2) is 0 Å². The number of rotatable bonds is 3. The molecule has 0 atom stereocenters. The van der Waals surface area contributed by atoms with Crippen LogP contribution in [-0.4, -0.2) is 17.4 Å². The third-order valence-electron chi connectivity index (χ3n) is 1.85. The van der Waals surface area contributed by atoms with Gasteiger partial charge in [0, 0.05) is 14.7 Å². The van der Waals surface area contributed by atoms with Gasteiger partial charge in [-0.2, -0.15) is 0 Å². The van der Waals surface area contributed by atoms with Crippen molar-refractivity contribution in [1.29, 1.82) is 0 Å². The van der Waals surface area contributed by atoms with Gasteiger partial charge < -0.3 is 0 Å². The summed E-state index contributed by atoms with van der Waals surface area (Å²) in [5.74, 6) is 0.0457. The summed E-state index contributed by atoms with van der Waals surface area (Å²) in [5, 5.41) is 0.310. The smallest absolute Gasteiger partial charge is 0.174 e. The highest BCUT2D eigenvalue weighted by Crippen LogP contribution is 2.19. The molecule has 0 saturated carbocycles. The third-order valence-corrected chi connectivity index (χ3v) is 3.21. The first-order chi connectivity index (χ1) is 6.60. The zero-order valence-electron chi connectivity index (χ0n) is 7.51. The topological polar surface area (TPSA) is 34.1 Å². The minimum Gasteiger partial charge on any atom is -0.298 e. The van der Waals surface area contributed by atoms with Crippen molar-refractivity contribution in [3.63, 3.8) is 0 Å². The van der Waals surface area contributed by atoms with Crippen molar-refractivity contribution >= 4 is 50.6 Å². The van der Waals surface area contributed by atoms with Crippen LogP contribution < -0.4 is 0 Å². The van der Waals surface area contributed by atoms with Crippen LogP contribution in [0.4, 0.5) is 0 Å². The summed E-state index contributed by atoms with van der Waals surface area (Å²) in [6.07, 6.45) is 0.789. The zero-order chi connectivity index (χ0) is 10.7. The average molecular weight is 367 g/mol. The van der Waals surface area contributed by atoms with Gasteiger partial charge in [0.15, 0.2) is 5.78 Å². The molecule has 0 bridgehead atoms. The van der Waals surface area contributed by atoms with E-state index in [0.29, 0.717) is 16.5 Å². The second-order valence-electron chi connectivity index (χ2n) is 2.87. The first-order valence-corrected chi connectivity index (χ1v) is 6.14. The number of alkyl halides is 1. The van der Waals surface area contributed by atoms with Crippen LogP contribution in [0.1, 0.15) is 26.3 Å². The number of hydrogen-bond donors (Lipinski definition) is 0. The Labute approximate surface area is 104 Å². The van der Waals surface area contributed by atoms with E-state index in [2.05, 4.69) is 38.5 Å². The first-order valence-electron chi connectivity index (χ1n) is 3.94. The molecule has 0 spiro atoms. The van der Waals surface area contributed by atoms with Gasteiger partial charge in [-0.15, -0.1) is 0 Å². The van der Waals surface area contributed by atoms with E-state index in [9.17, 15) is 9.59 Å². The van der Waals surface area contributed by atoms with Crippen LogP contribution in [0.25, 0.3) is 0 Å². The maximum absolute atomic E-state index is 11.5. The van der Waals surface area contributed by atoms with Crippen LogP contribution in [0.2, 0.25) is 0 Å². The van der Waals surface area contributed by atoms with Crippen molar-refractivity contribution in [2.75, 3.05) is 5.33 Å². The predicted octanol–water partition coefficient (Wildman–Crippen LogP) is 2.99. The lowest BCUT2D eigenvalue weighted by Gasteiger charge is -2.06. The molecule has 0 aliphatic rings. The summed E-state index contributed by atoms with van der Waals surface area (Å²) in [6, 6.07) is 3.45. The summed E-state index contributed by atoms with van der Waals surface area (Å²) in [5.41, 5.74) is 2.16. The molecule has 0 radical (unpaired) electrons. The van der Waals surface area contributed by atoms with Gasteiger partial charge in [-0.3, -0.25) is 9.59 Å². The highest BCUT2D eigenvalue weighted by Gasteiger charge is 2.12. The molecule has 0 aromatic heterocycles. The fraction of sp³-hybridized carbons (Fsp3) is 0.200. The van der Waals surface area contributed by atoms with Crippen LogP contribution in [0.5, 0.6) is 0 Å². The van der Waals surface area contributed by atoms with Crippen molar-refractivity contribution in [2.45, 2.75) is 6.92 Å². The molecule has 0 saturated heterocycles. The maximum atomic E-state index is 11.5. The second kappa shape index (κ2) is 5.02. The van der Waals surface area contributed by atoms with Crippen molar-refractivity contribution in [3.05, 3.63) is 32.4 Å². The number of benzene rings is 1. The molecule has 1 aromatic carbocycles. The highest BCUT2D eigenvalue weighted by molar-refractivity contribution is 14.1. The summed E-state index contributed by atoms with van der Waals surface area (Å²) >= 11 is 5.21. The zero-order valence-corrected chi connectivity index (χ0v) is 11.3.